The van der Waals surface area contributed by atoms with Gasteiger partial charge in [-0.05, 0) is 54.4 Å². The Morgan fingerprint density at radius 3 is 1.50 bits per heavy atom. The molecule has 0 amide bonds. The second-order valence-electron chi connectivity index (χ2n) is 7.01. The average molecular weight is 362 g/mol. The molecular weight excluding hydrogens is 322 g/mol. The lowest BCUT2D eigenvalue weighted by Gasteiger charge is -2.52. The van der Waals surface area contributed by atoms with Crippen molar-refractivity contribution in [3.05, 3.63) is 48.2 Å². The summed E-state index contributed by atoms with van der Waals surface area (Å²) >= 11 is 0. The van der Waals surface area contributed by atoms with Crippen molar-refractivity contribution in [2.24, 2.45) is 0 Å². The summed E-state index contributed by atoms with van der Waals surface area (Å²) in [6.07, 6.45) is 6.06. The normalized spacial score (nSPS) is 12.8. The van der Waals surface area contributed by atoms with Gasteiger partial charge in [0.2, 0.25) is 0 Å². The van der Waals surface area contributed by atoms with E-state index in [-0.39, 0.29) is 0 Å². The monoisotopic (exact) mass is 361 g/mol. The molecule has 136 valence electrons. The third-order valence-corrected chi connectivity index (χ3v) is 19.5. The van der Waals surface area contributed by atoms with Gasteiger partial charge in [0.05, 0.1) is 0 Å². The predicted molar refractivity (Wildman–Crippen MR) is 116 cm³/mol. The zero-order valence-electron chi connectivity index (χ0n) is 16.9. The van der Waals surface area contributed by atoms with Gasteiger partial charge in [-0.1, -0.05) is 78.0 Å². The Kier molecular flexibility index (Phi) is 9.07. The maximum absolute atomic E-state index is 3.03. The number of rotatable bonds is 11. The van der Waals surface area contributed by atoms with Gasteiger partial charge in [-0.3, -0.25) is 0 Å². The van der Waals surface area contributed by atoms with Crippen LogP contribution in [0.4, 0.5) is 0 Å². The minimum atomic E-state index is -1.38. The second kappa shape index (κ2) is 10.2. The summed E-state index contributed by atoms with van der Waals surface area (Å²) in [5.74, 6) is 0. The SMILES string of the molecule is CC[Si](CC)(CC)N(/C=C/Cc1ccccc1)[Si](CC)(CC)CC. The third-order valence-electron chi connectivity index (χ3n) is 6.42. The van der Waals surface area contributed by atoms with E-state index in [1.807, 2.05) is 0 Å². The van der Waals surface area contributed by atoms with Crippen molar-refractivity contribution in [3.63, 3.8) is 0 Å². The summed E-state index contributed by atoms with van der Waals surface area (Å²) in [5.41, 5.74) is 1.42. The zero-order valence-corrected chi connectivity index (χ0v) is 18.9. The Balaban J connectivity index is 3.17. The Morgan fingerprint density at radius 2 is 1.12 bits per heavy atom. The van der Waals surface area contributed by atoms with Crippen molar-refractivity contribution in [2.75, 3.05) is 0 Å². The van der Waals surface area contributed by atoms with Crippen LogP contribution in [-0.4, -0.2) is 20.7 Å². The lowest BCUT2D eigenvalue weighted by atomic mass is 10.1. The van der Waals surface area contributed by atoms with E-state index >= 15 is 0 Å². The van der Waals surface area contributed by atoms with Crippen LogP contribution in [0.3, 0.4) is 0 Å². The highest BCUT2D eigenvalue weighted by Crippen LogP contribution is 2.36. The van der Waals surface area contributed by atoms with Crippen molar-refractivity contribution >= 4 is 16.5 Å². The maximum Gasteiger partial charge on any atom is 0.146 e. The fraction of sp³-hybridized carbons (Fsp3) is 0.619. The first-order chi connectivity index (χ1) is 11.6. The van der Waals surface area contributed by atoms with E-state index in [4.69, 9.17) is 0 Å². The Morgan fingerprint density at radius 1 is 0.708 bits per heavy atom. The number of allylic oxidation sites excluding steroid dienone is 1. The zero-order chi connectivity index (χ0) is 18.1. The van der Waals surface area contributed by atoms with Crippen molar-refractivity contribution in [2.45, 2.75) is 84.2 Å². The molecule has 0 aliphatic heterocycles. The van der Waals surface area contributed by atoms with E-state index in [0.29, 0.717) is 0 Å². The summed E-state index contributed by atoms with van der Waals surface area (Å²) in [7, 11) is -2.75. The van der Waals surface area contributed by atoms with Gasteiger partial charge in [-0.25, -0.2) is 0 Å². The molecule has 1 aromatic rings. The van der Waals surface area contributed by atoms with E-state index in [1.54, 1.807) is 0 Å². The molecule has 3 heteroatoms. The number of nitrogens with zero attached hydrogens (tertiary/aromatic N) is 1. The van der Waals surface area contributed by atoms with Gasteiger partial charge >= 0.3 is 0 Å². The van der Waals surface area contributed by atoms with Gasteiger partial charge in [-0.15, -0.1) is 0 Å². The lowest BCUT2D eigenvalue weighted by Crippen LogP contribution is -2.63. The molecule has 0 unspecified atom stereocenters. The molecule has 0 saturated carbocycles. The predicted octanol–water partition coefficient (Wildman–Crippen LogP) is 7.06. The average Bonchev–Trinajstić information content (AvgIpc) is 2.65. The molecule has 1 aromatic carbocycles. The third kappa shape index (κ3) is 4.63. The highest BCUT2D eigenvalue weighted by Gasteiger charge is 2.44. The minimum absolute atomic E-state index is 1.06. The summed E-state index contributed by atoms with van der Waals surface area (Å²) in [5, 5.41) is 0. The molecule has 0 heterocycles. The molecule has 1 rings (SSSR count). The van der Waals surface area contributed by atoms with Crippen LogP contribution in [0, 0.1) is 0 Å². The van der Waals surface area contributed by atoms with Gasteiger partial charge < -0.3 is 4.23 Å². The van der Waals surface area contributed by atoms with Crippen LogP contribution in [0.15, 0.2) is 42.6 Å². The first kappa shape index (κ1) is 21.2. The van der Waals surface area contributed by atoms with Crippen molar-refractivity contribution in [1.29, 1.82) is 0 Å². The van der Waals surface area contributed by atoms with E-state index in [1.165, 1.54) is 41.8 Å². The molecule has 0 bridgehead atoms. The molecule has 0 aromatic heterocycles. The molecule has 0 aliphatic carbocycles. The first-order valence-corrected chi connectivity index (χ1v) is 15.2. The number of hydrogen-bond acceptors (Lipinski definition) is 1. The van der Waals surface area contributed by atoms with Crippen molar-refractivity contribution in [1.82, 2.24) is 4.23 Å². The standard InChI is InChI=1S/C21H39NSi2/c1-7-23(8-2,9-3)22(24(10-4,11-5)12-6)20-16-19-21-17-14-13-15-18-21/h13-18,20H,7-12,19H2,1-6H3/b20-16+. The molecule has 0 spiro atoms. The second-order valence-corrected chi connectivity index (χ2v) is 17.6. The van der Waals surface area contributed by atoms with Gasteiger partial charge in [-0.2, -0.15) is 0 Å². The molecule has 0 N–H and O–H groups in total. The van der Waals surface area contributed by atoms with E-state index in [9.17, 15) is 0 Å². The molecule has 0 radical (unpaired) electrons. The number of hydrogen-bond donors (Lipinski definition) is 0. The minimum Gasteiger partial charge on any atom is -0.430 e. The van der Waals surface area contributed by atoms with Gasteiger partial charge in [0.15, 0.2) is 0 Å². The van der Waals surface area contributed by atoms with E-state index in [0.717, 1.165) is 6.42 Å². The van der Waals surface area contributed by atoms with Crippen LogP contribution in [0.5, 0.6) is 0 Å². The fourth-order valence-corrected chi connectivity index (χ4v) is 17.0. The van der Waals surface area contributed by atoms with Gasteiger partial charge in [0.1, 0.15) is 16.5 Å². The smallest absolute Gasteiger partial charge is 0.146 e. The highest BCUT2D eigenvalue weighted by atomic mass is 28.4. The fourth-order valence-electron chi connectivity index (χ4n) is 4.25. The van der Waals surface area contributed by atoms with Crippen LogP contribution in [0.2, 0.25) is 36.3 Å². The quantitative estimate of drug-likeness (QED) is 0.381. The molecule has 0 fully saturated rings. The van der Waals surface area contributed by atoms with Gasteiger partial charge in [0, 0.05) is 0 Å². The molecule has 0 aliphatic rings. The summed E-state index contributed by atoms with van der Waals surface area (Å²) in [6, 6.07) is 19.1. The summed E-state index contributed by atoms with van der Waals surface area (Å²) in [6.45, 7) is 14.7. The maximum atomic E-state index is 3.03. The molecule has 24 heavy (non-hydrogen) atoms. The van der Waals surface area contributed by atoms with Crippen molar-refractivity contribution in [3.8, 4) is 0 Å². The van der Waals surface area contributed by atoms with Crippen LogP contribution in [-0.2, 0) is 6.42 Å². The van der Waals surface area contributed by atoms with Gasteiger partial charge in [0.25, 0.3) is 0 Å². The van der Waals surface area contributed by atoms with Crippen molar-refractivity contribution < 1.29 is 0 Å². The molecular formula is C21H39NSi2. The number of benzene rings is 1. The highest BCUT2D eigenvalue weighted by molar-refractivity contribution is 6.93. The summed E-state index contributed by atoms with van der Waals surface area (Å²) < 4.78 is 3.03. The summed E-state index contributed by atoms with van der Waals surface area (Å²) in [4.78, 5) is 0. The van der Waals surface area contributed by atoms with E-state index in [2.05, 4.69) is 88.4 Å². The van der Waals surface area contributed by atoms with Crippen LogP contribution >= 0.6 is 0 Å². The van der Waals surface area contributed by atoms with Crippen LogP contribution in [0.25, 0.3) is 0 Å². The van der Waals surface area contributed by atoms with E-state index < -0.39 is 16.5 Å². The Hall–Kier alpha value is -0.806. The lowest BCUT2D eigenvalue weighted by molar-refractivity contribution is 0.742. The molecule has 0 atom stereocenters. The first-order valence-electron chi connectivity index (χ1n) is 10.1. The van der Waals surface area contributed by atoms with Crippen LogP contribution < -0.4 is 0 Å². The Bertz CT molecular complexity index is 439. The largest absolute Gasteiger partial charge is 0.430 e. The van der Waals surface area contributed by atoms with Crippen LogP contribution in [0.1, 0.15) is 47.1 Å². The topological polar surface area (TPSA) is 3.24 Å². The molecule has 0 saturated heterocycles. The Labute approximate surface area is 153 Å². The molecule has 1 nitrogen and oxygen atoms in total.